The Labute approximate surface area is 110 Å². The maximum Gasteiger partial charge on any atom is 0.335 e. The van der Waals surface area contributed by atoms with Crippen LogP contribution >= 0.6 is 0 Å². The van der Waals surface area contributed by atoms with Gasteiger partial charge in [0.1, 0.15) is 6.07 Å². The van der Waals surface area contributed by atoms with Crippen molar-refractivity contribution in [2.45, 2.75) is 0 Å². The van der Waals surface area contributed by atoms with E-state index in [0.717, 1.165) is 0 Å². The molecule has 1 N–H and O–H groups in total. The molecule has 0 unspecified atom stereocenters. The highest BCUT2D eigenvalue weighted by Crippen LogP contribution is 2.23. The van der Waals surface area contributed by atoms with Crippen LogP contribution in [-0.4, -0.2) is 48.6 Å². The van der Waals surface area contributed by atoms with E-state index >= 15 is 0 Å². The van der Waals surface area contributed by atoms with Gasteiger partial charge >= 0.3 is 5.97 Å². The molecule has 19 heavy (non-hydrogen) atoms. The number of carbonyl (C=O) groups excluding carboxylic acids is 1. The molecule has 2 rings (SSSR count). The van der Waals surface area contributed by atoms with Crippen molar-refractivity contribution in [2.75, 3.05) is 31.6 Å². The fraction of sp³-hybridized carbons (Fsp3) is 0.308. The lowest BCUT2D eigenvalue weighted by Crippen LogP contribution is -2.48. The number of amides is 1. The summed E-state index contributed by atoms with van der Waals surface area (Å²) in [5, 5.41) is 18.0. The molecule has 0 aliphatic carbocycles. The Kier molecular flexibility index (Phi) is 3.38. The van der Waals surface area contributed by atoms with Gasteiger partial charge in [0.25, 0.3) is 0 Å². The predicted molar refractivity (Wildman–Crippen MR) is 68.0 cm³/mol. The highest BCUT2D eigenvalue weighted by atomic mass is 16.4. The summed E-state index contributed by atoms with van der Waals surface area (Å²) in [6.07, 6.45) is 0. The Balaban J connectivity index is 2.33. The topological polar surface area (TPSA) is 84.6 Å². The van der Waals surface area contributed by atoms with Gasteiger partial charge in [-0.3, -0.25) is 4.79 Å². The minimum atomic E-state index is -1.07. The maximum atomic E-state index is 11.7. The Hall–Kier alpha value is -2.55. The molecule has 1 heterocycles. The first-order chi connectivity index (χ1) is 9.02. The van der Waals surface area contributed by atoms with E-state index in [2.05, 4.69) is 0 Å². The molecule has 1 amide bonds. The maximum absolute atomic E-state index is 11.7. The second-order valence-corrected chi connectivity index (χ2v) is 4.39. The van der Waals surface area contributed by atoms with Crippen LogP contribution in [-0.2, 0) is 4.79 Å². The van der Waals surface area contributed by atoms with E-state index in [1.807, 2.05) is 6.07 Å². The normalized spacial score (nSPS) is 15.3. The summed E-state index contributed by atoms with van der Waals surface area (Å²) >= 11 is 0. The molecular weight excluding hydrogens is 246 g/mol. The second kappa shape index (κ2) is 4.98. The summed E-state index contributed by atoms with van der Waals surface area (Å²) in [6.45, 7) is 1.42. The molecule has 1 fully saturated rings. The van der Waals surface area contributed by atoms with Crippen LogP contribution in [0.15, 0.2) is 18.2 Å². The molecule has 1 aliphatic rings. The van der Waals surface area contributed by atoms with E-state index in [1.165, 1.54) is 12.1 Å². The van der Waals surface area contributed by atoms with E-state index < -0.39 is 5.97 Å². The number of aromatic carboxylic acids is 1. The minimum Gasteiger partial charge on any atom is -0.478 e. The van der Waals surface area contributed by atoms with Crippen LogP contribution < -0.4 is 4.90 Å². The number of hydrogen-bond acceptors (Lipinski definition) is 4. The zero-order valence-corrected chi connectivity index (χ0v) is 10.5. The molecule has 1 aromatic rings. The number of rotatable bonds is 2. The molecule has 0 radical (unpaired) electrons. The number of carbonyl (C=O) groups is 2. The molecular formula is C13H13N3O3. The highest BCUT2D eigenvalue weighted by Gasteiger charge is 2.23. The van der Waals surface area contributed by atoms with Gasteiger partial charge in [-0.25, -0.2) is 4.79 Å². The summed E-state index contributed by atoms with van der Waals surface area (Å²) in [7, 11) is 1.73. The van der Waals surface area contributed by atoms with Crippen molar-refractivity contribution >= 4 is 17.6 Å². The number of anilines is 1. The molecule has 0 bridgehead atoms. The quantitative estimate of drug-likeness (QED) is 0.837. The Bertz CT molecular complexity index is 577. The van der Waals surface area contributed by atoms with Crippen LogP contribution in [0, 0.1) is 11.3 Å². The van der Waals surface area contributed by atoms with Gasteiger partial charge in [0.15, 0.2) is 0 Å². The number of carboxylic acids is 1. The zero-order chi connectivity index (χ0) is 14.0. The summed E-state index contributed by atoms with van der Waals surface area (Å²) in [6, 6.07) is 6.35. The number of hydrogen-bond donors (Lipinski definition) is 1. The predicted octanol–water partition coefficient (Wildman–Crippen LogP) is 0.535. The van der Waals surface area contributed by atoms with Gasteiger partial charge in [-0.2, -0.15) is 5.26 Å². The zero-order valence-electron chi connectivity index (χ0n) is 10.5. The average molecular weight is 259 g/mol. The van der Waals surface area contributed by atoms with E-state index in [0.29, 0.717) is 18.8 Å². The summed E-state index contributed by atoms with van der Waals surface area (Å²) in [5.41, 5.74) is 0.951. The Morgan fingerprint density at radius 1 is 1.42 bits per heavy atom. The monoisotopic (exact) mass is 259 g/mol. The third-order valence-corrected chi connectivity index (χ3v) is 3.16. The molecule has 0 saturated carbocycles. The van der Waals surface area contributed by atoms with Crippen molar-refractivity contribution in [1.82, 2.24) is 4.90 Å². The largest absolute Gasteiger partial charge is 0.478 e. The summed E-state index contributed by atoms with van der Waals surface area (Å²) in [5.74, 6) is -1.09. The number of piperazine rings is 1. The molecule has 1 aromatic carbocycles. The Morgan fingerprint density at radius 2 is 2.16 bits per heavy atom. The van der Waals surface area contributed by atoms with Crippen molar-refractivity contribution in [3.8, 4) is 6.07 Å². The van der Waals surface area contributed by atoms with Crippen molar-refractivity contribution in [1.29, 1.82) is 5.26 Å². The van der Waals surface area contributed by atoms with Crippen molar-refractivity contribution in [3.05, 3.63) is 29.3 Å². The van der Waals surface area contributed by atoms with Gasteiger partial charge in [-0.15, -0.1) is 0 Å². The first-order valence-electron chi connectivity index (χ1n) is 5.79. The fourth-order valence-electron chi connectivity index (χ4n) is 2.00. The van der Waals surface area contributed by atoms with E-state index in [9.17, 15) is 9.59 Å². The first kappa shape index (κ1) is 12.9. The smallest absolute Gasteiger partial charge is 0.335 e. The number of nitriles is 1. The van der Waals surface area contributed by atoms with Crippen molar-refractivity contribution in [3.63, 3.8) is 0 Å². The van der Waals surface area contributed by atoms with Crippen LogP contribution in [0.5, 0.6) is 0 Å². The van der Waals surface area contributed by atoms with Crippen LogP contribution in [0.3, 0.4) is 0 Å². The van der Waals surface area contributed by atoms with Gasteiger partial charge < -0.3 is 14.9 Å². The van der Waals surface area contributed by atoms with E-state index in [4.69, 9.17) is 10.4 Å². The highest BCUT2D eigenvalue weighted by molar-refractivity contribution is 5.89. The third-order valence-electron chi connectivity index (χ3n) is 3.16. The number of nitrogens with zero attached hydrogens (tertiary/aromatic N) is 3. The molecule has 6 heteroatoms. The first-order valence-corrected chi connectivity index (χ1v) is 5.79. The lowest BCUT2D eigenvalue weighted by molar-refractivity contribution is -0.129. The van der Waals surface area contributed by atoms with Crippen LogP contribution in [0.4, 0.5) is 5.69 Å². The van der Waals surface area contributed by atoms with E-state index in [1.54, 1.807) is 22.9 Å². The lowest BCUT2D eigenvalue weighted by atomic mass is 10.1. The van der Waals surface area contributed by atoms with Crippen molar-refractivity contribution in [2.24, 2.45) is 0 Å². The summed E-state index contributed by atoms with van der Waals surface area (Å²) in [4.78, 5) is 26.0. The lowest BCUT2D eigenvalue weighted by Gasteiger charge is -2.34. The van der Waals surface area contributed by atoms with E-state index in [-0.39, 0.29) is 23.6 Å². The van der Waals surface area contributed by atoms with Crippen LogP contribution in [0.25, 0.3) is 0 Å². The average Bonchev–Trinajstić information content (AvgIpc) is 2.41. The van der Waals surface area contributed by atoms with Crippen molar-refractivity contribution < 1.29 is 14.7 Å². The number of carboxylic acid groups (broad SMARTS) is 1. The van der Waals surface area contributed by atoms with Crippen LogP contribution in [0.2, 0.25) is 0 Å². The van der Waals surface area contributed by atoms with Crippen LogP contribution in [0.1, 0.15) is 15.9 Å². The molecule has 1 saturated heterocycles. The third kappa shape index (κ3) is 2.50. The molecule has 6 nitrogen and oxygen atoms in total. The summed E-state index contributed by atoms with van der Waals surface area (Å²) < 4.78 is 0. The fourth-order valence-corrected chi connectivity index (χ4v) is 2.00. The van der Waals surface area contributed by atoms with Gasteiger partial charge in [0.05, 0.1) is 23.4 Å². The Morgan fingerprint density at radius 3 is 2.74 bits per heavy atom. The standard InChI is InChI=1S/C13H13N3O3/c1-15-4-5-16(8-12(15)17)11-3-2-9(13(18)19)6-10(11)7-14/h2-3,6H,4-5,8H2,1H3,(H,18,19). The molecule has 0 spiro atoms. The van der Waals surface area contributed by atoms with Gasteiger partial charge in [-0.1, -0.05) is 0 Å². The molecule has 0 aromatic heterocycles. The minimum absolute atomic E-state index is 0.0162. The van der Waals surface area contributed by atoms with Gasteiger partial charge in [0.2, 0.25) is 5.91 Å². The molecule has 1 aliphatic heterocycles. The molecule has 98 valence electrons. The van der Waals surface area contributed by atoms with Gasteiger partial charge in [-0.05, 0) is 18.2 Å². The SMILES string of the molecule is CN1CCN(c2ccc(C(=O)O)cc2C#N)CC1=O. The van der Waals surface area contributed by atoms with Gasteiger partial charge in [0, 0.05) is 20.1 Å². The number of likely N-dealkylation sites (N-methyl/N-ethyl adjacent to an activating group) is 1. The second-order valence-electron chi connectivity index (χ2n) is 4.39. The number of benzene rings is 1. The molecule has 0 atom stereocenters.